The van der Waals surface area contributed by atoms with Gasteiger partial charge in [-0.15, -0.1) is 0 Å². The average molecular weight is 756 g/mol. The van der Waals surface area contributed by atoms with E-state index in [0.29, 0.717) is 0 Å². The van der Waals surface area contributed by atoms with Crippen molar-refractivity contribution in [3.63, 3.8) is 0 Å². The third kappa shape index (κ3) is 4.65. The Morgan fingerprint density at radius 3 is 1.71 bits per heavy atom. The van der Waals surface area contributed by atoms with Crippen molar-refractivity contribution in [3.8, 4) is 33.4 Å². The summed E-state index contributed by atoms with van der Waals surface area (Å²) in [7, 11) is 0. The van der Waals surface area contributed by atoms with Crippen LogP contribution in [0.5, 0.6) is 0 Å². The molecule has 7 aliphatic rings. The molecule has 13 rings (SSSR count). The lowest BCUT2D eigenvalue weighted by atomic mass is 9.43. The molecule has 6 aromatic carbocycles. The highest BCUT2D eigenvalue weighted by Crippen LogP contribution is 2.69. The number of anilines is 3. The molecule has 4 fully saturated rings. The topological polar surface area (TPSA) is 3.24 Å². The van der Waals surface area contributed by atoms with E-state index in [1.165, 1.54) is 118 Å². The molecule has 0 heterocycles. The van der Waals surface area contributed by atoms with Crippen LogP contribution in [0, 0.1) is 23.7 Å². The molecule has 58 heavy (non-hydrogen) atoms. The second kappa shape index (κ2) is 11.9. The molecule has 4 bridgehead atoms. The Kier molecular flexibility index (Phi) is 7.18. The van der Waals surface area contributed by atoms with Crippen LogP contribution in [-0.2, 0) is 21.7 Å². The summed E-state index contributed by atoms with van der Waals surface area (Å²) in [6.45, 7) is 14.6. The molecule has 0 aromatic heterocycles. The Morgan fingerprint density at radius 2 is 0.983 bits per heavy atom. The average Bonchev–Trinajstić information content (AvgIpc) is 3.64. The summed E-state index contributed by atoms with van der Waals surface area (Å²) in [5.74, 6) is 3.44. The highest BCUT2D eigenvalue weighted by molar-refractivity contribution is 5.88. The van der Waals surface area contributed by atoms with E-state index in [-0.39, 0.29) is 21.7 Å². The maximum absolute atomic E-state index is 2.64. The van der Waals surface area contributed by atoms with Gasteiger partial charge in [-0.3, -0.25) is 0 Å². The molecule has 0 unspecified atom stereocenters. The van der Waals surface area contributed by atoms with Crippen LogP contribution in [0.2, 0.25) is 0 Å². The second-order valence-corrected chi connectivity index (χ2v) is 21.2. The summed E-state index contributed by atoms with van der Waals surface area (Å²) >= 11 is 0. The zero-order chi connectivity index (χ0) is 39.3. The van der Waals surface area contributed by atoms with Crippen molar-refractivity contribution in [2.45, 2.75) is 108 Å². The molecule has 0 amide bonds. The minimum atomic E-state index is -0.0727. The highest BCUT2D eigenvalue weighted by atomic mass is 15.1. The number of benzene rings is 6. The van der Waals surface area contributed by atoms with Gasteiger partial charge in [0, 0.05) is 22.2 Å². The van der Waals surface area contributed by atoms with Crippen LogP contribution in [0.3, 0.4) is 0 Å². The SMILES string of the molecule is CC1(C)CCC(C)(C)c2c(N(c3ccc(-c4ccc5c(c4)C4(c6ccccc6-5)C5CC6CC(C5)CC4C6)cc3)c3ccc4c(c3)C(C)(C)c3ccccc3-4)cccc21. The van der Waals surface area contributed by atoms with Gasteiger partial charge >= 0.3 is 0 Å². The lowest BCUT2D eigenvalue weighted by Crippen LogP contribution is -2.55. The minimum Gasteiger partial charge on any atom is -0.310 e. The van der Waals surface area contributed by atoms with Crippen molar-refractivity contribution in [1.29, 1.82) is 0 Å². The fourth-order valence-corrected chi connectivity index (χ4v) is 14.3. The van der Waals surface area contributed by atoms with E-state index in [1.54, 1.807) is 11.1 Å². The molecule has 0 saturated heterocycles. The largest absolute Gasteiger partial charge is 0.310 e. The molecule has 0 radical (unpaired) electrons. The maximum atomic E-state index is 2.64. The second-order valence-electron chi connectivity index (χ2n) is 21.2. The maximum Gasteiger partial charge on any atom is 0.0502 e. The molecule has 0 aliphatic heterocycles. The fourth-order valence-electron chi connectivity index (χ4n) is 14.3. The van der Waals surface area contributed by atoms with Gasteiger partial charge in [-0.25, -0.2) is 0 Å². The van der Waals surface area contributed by atoms with Crippen LogP contribution < -0.4 is 4.90 Å². The van der Waals surface area contributed by atoms with Crippen LogP contribution >= 0.6 is 0 Å². The summed E-state index contributed by atoms with van der Waals surface area (Å²) in [4.78, 5) is 2.59. The van der Waals surface area contributed by atoms with Crippen molar-refractivity contribution in [2.75, 3.05) is 4.90 Å². The van der Waals surface area contributed by atoms with Crippen LogP contribution in [0.1, 0.15) is 120 Å². The molecule has 0 N–H and O–H groups in total. The van der Waals surface area contributed by atoms with E-state index >= 15 is 0 Å². The molecule has 1 spiro atoms. The summed E-state index contributed by atoms with van der Waals surface area (Å²) in [5, 5.41) is 0. The molecule has 1 nitrogen and oxygen atoms in total. The highest BCUT2D eigenvalue weighted by Gasteiger charge is 2.61. The van der Waals surface area contributed by atoms with E-state index in [0.717, 1.165) is 23.7 Å². The Bertz CT molecular complexity index is 2640. The predicted molar refractivity (Wildman–Crippen MR) is 243 cm³/mol. The molecule has 6 aromatic rings. The third-order valence-corrected chi connectivity index (χ3v) is 16.9. The first-order valence-corrected chi connectivity index (χ1v) is 22.5. The lowest BCUT2D eigenvalue weighted by Gasteiger charge is -2.61. The molecular weight excluding hydrogens is 699 g/mol. The smallest absolute Gasteiger partial charge is 0.0502 e. The van der Waals surface area contributed by atoms with E-state index < -0.39 is 0 Å². The summed E-state index contributed by atoms with van der Waals surface area (Å²) in [6.07, 6.45) is 9.52. The molecule has 290 valence electrons. The standard InChI is InChI=1S/C57H57N/c1-54(2)26-27-55(3,4)53-49(54)16-11-17-52(53)58(42-23-25-45-43-12-7-9-14-47(43)56(5,6)50(45)34-42)41-21-18-37(19-22-41)38-20-24-46-44-13-8-10-15-48(44)57(51(46)33-38)39-29-35-28-36(31-39)32-40(57)30-35/h7-25,33-36,39-40H,26-32H2,1-6H3. The van der Waals surface area contributed by atoms with Crippen LogP contribution in [0.15, 0.2) is 127 Å². The molecule has 4 saturated carbocycles. The van der Waals surface area contributed by atoms with Crippen molar-refractivity contribution >= 4 is 17.1 Å². The van der Waals surface area contributed by atoms with Gasteiger partial charge in [0.05, 0.1) is 5.69 Å². The van der Waals surface area contributed by atoms with Crippen LogP contribution in [0.25, 0.3) is 33.4 Å². The molecule has 7 aliphatic carbocycles. The first-order valence-electron chi connectivity index (χ1n) is 22.5. The van der Waals surface area contributed by atoms with Gasteiger partial charge in [-0.2, -0.15) is 0 Å². The third-order valence-electron chi connectivity index (χ3n) is 16.9. The quantitative estimate of drug-likeness (QED) is 0.173. The van der Waals surface area contributed by atoms with Gasteiger partial charge in [0.25, 0.3) is 0 Å². The monoisotopic (exact) mass is 755 g/mol. The Balaban J connectivity index is 0.998. The van der Waals surface area contributed by atoms with Crippen LogP contribution in [0.4, 0.5) is 17.1 Å². The van der Waals surface area contributed by atoms with Crippen LogP contribution in [-0.4, -0.2) is 0 Å². The fraction of sp³-hybridized carbons (Fsp3) is 0.368. The summed E-state index contributed by atoms with van der Waals surface area (Å²) in [6, 6.07) is 50.1. The lowest BCUT2D eigenvalue weighted by molar-refractivity contribution is -0.0399. The molecule has 0 atom stereocenters. The number of rotatable bonds is 4. The van der Waals surface area contributed by atoms with Crippen molar-refractivity contribution in [2.24, 2.45) is 23.7 Å². The van der Waals surface area contributed by atoms with Gasteiger partial charge in [0.2, 0.25) is 0 Å². The summed E-state index contributed by atoms with van der Waals surface area (Å²) < 4.78 is 0. The van der Waals surface area contributed by atoms with E-state index in [9.17, 15) is 0 Å². The van der Waals surface area contributed by atoms with Crippen molar-refractivity contribution in [1.82, 2.24) is 0 Å². The van der Waals surface area contributed by atoms with E-state index in [1.807, 2.05) is 0 Å². The normalized spacial score (nSPS) is 26.8. The zero-order valence-corrected chi connectivity index (χ0v) is 35.3. The van der Waals surface area contributed by atoms with E-state index in [4.69, 9.17) is 0 Å². The van der Waals surface area contributed by atoms with Gasteiger partial charge in [0.15, 0.2) is 0 Å². The summed E-state index contributed by atoms with van der Waals surface area (Å²) in [5.41, 5.74) is 21.6. The Labute approximate surface area is 346 Å². The van der Waals surface area contributed by atoms with Gasteiger partial charge in [-0.1, -0.05) is 133 Å². The van der Waals surface area contributed by atoms with E-state index in [2.05, 4.69) is 174 Å². The minimum absolute atomic E-state index is 0.0573. The number of hydrogen-bond donors (Lipinski definition) is 0. The van der Waals surface area contributed by atoms with Gasteiger partial charge < -0.3 is 4.90 Å². The first kappa shape index (κ1) is 35.1. The van der Waals surface area contributed by atoms with Gasteiger partial charge in [-0.05, 0) is 183 Å². The number of fused-ring (bicyclic) bond motifs is 7. The Morgan fingerprint density at radius 1 is 0.431 bits per heavy atom. The first-order chi connectivity index (χ1) is 27.9. The zero-order valence-electron chi connectivity index (χ0n) is 35.3. The number of hydrogen-bond acceptors (Lipinski definition) is 1. The number of nitrogens with zero attached hydrogens (tertiary/aromatic N) is 1. The van der Waals surface area contributed by atoms with Crippen molar-refractivity contribution < 1.29 is 0 Å². The predicted octanol–water partition coefficient (Wildman–Crippen LogP) is 15.2. The van der Waals surface area contributed by atoms with Gasteiger partial charge in [0.1, 0.15) is 0 Å². The van der Waals surface area contributed by atoms with Crippen molar-refractivity contribution in [3.05, 3.63) is 161 Å². The molecular formula is C57H57N. The Hall–Kier alpha value is -4.88. The molecule has 1 heteroatoms.